The number of aromatic nitrogens is 1. The van der Waals surface area contributed by atoms with Gasteiger partial charge in [0.15, 0.2) is 5.13 Å². The molecule has 1 atom stereocenters. The fourth-order valence-electron chi connectivity index (χ4n) is 2.11. The van der Waals surface area contributed by atoms with E-state index in [1.807, 2.05) is 12.3 Å². The van der Waals surface area contributed by atoms with Crippen LogP contribution in [0.25, 0.3) is 0 Å². The van der Waals surface area contributed by atoms with Crippen LogP contribution in [-0.4, -0.2) is 30.6 Å². The third-order valence-corrected chi connectivity index (χ3v) is 4.63. The molecule has 106 valence electrons. The molecule has 5 heteroatoms. The molecule has 1 aliphatic carbocycles. The fraction of sp³-hybridized carbons (Fsp3) is 0.714. The van der Waals surface area contributed by atoms with Gasteiger partial charge in [0.2, 0.25) is 0 Å². The van der Waals surface area contributed by atoms with Crippen LogP contribution in [0.5, 0.6) is 0 Å². The highest BCUT2D eigenvalue weighted by atomic mass is 32.1. The monoisotopic (exact) mass is 282 g/mol. The van der Waals surface area contributed by atoms with Crippen molar-refractivity contribution < 1.29 is 9.53 Å². The Bertz CT molecular complexity index is 429. The van der Waals surface area contributed by atoms with Crippen LogP contribution in [0.4, 0.5) is 5.13 Å². The van der Waals surface area contributed by atoms with E-state index in [1.54, 1.807) is 11.3 Å². The number of ether oxygens (including phenoxy) is 1. The van der Waals surface area contributed by atoms with Gasteiger partial charge in [-0.3, -0.25) is 4.79 Å². The fourth-order valence-corrected chi connectivity index (χ4v) is 3.02. The minimum atomic E-state index is -0.142. The van der Waals surface area contributed by atoms with Gasteiger partial charge in [-0.05, 0) is 32.6 Å². The van der Waals surface area contributed by atoms with Crippen LogP contribution in [0.1, 0.15) is 38.8 Å². The maximum absolute atomic E-state index is 11.3. The molecule has 2 rings (SSSR count). The highest BCUT2D eigenvalue weighted by Gasteiger charge is 2.31. The van der Waals surface area contributed by atoms with Crippen molar-refractivity contribution >= 4 is 22.4 Å². The molecular formula is C14H22N2O2S. The first-order valence-electron chi connectivity index (χ1n) is 6.94. The second kappa shape index (κ2) is 6.37. The van der Waals surface area contributed by atoms with Crippen LogP contribution in [0, 0.1) is 5.92 Å². The highest BCUT2D eigenvalue weighted by Crippen LogP contribution is 2.36. The van der Waals surface area contributed by atoms with Crippen LogP contribution >= 0.6 is 11.3 Å². The van der Waals surface area contributed by atoms with Crippen LogP contribution in [0.15, 0.2) is 5.38 Å². The molecule has 0 saturated heterocycles. The minimum absolute atomic E-state index is 0.142. The molecule has 19 heavy (non-hydrogen) atoms. The maximum atomic E-state index is 11.3. The lowest BCUT2D eigenvalue weighted by molar-refractivity contribution is -0.143. The number of carbonyl (C=O) groups excluding carboxylic acids is 1. The molecule has 1 heterocycles. The van der Waals surface area contributed by atoms with Gasteiger partial charge < -0.3 is 9.64 Å². The van der Waals surface area contributed by atoms with Crippen molar-refractivity contribution in [1.82, 2.24) is 4.98 Å². The number of esters is 1. The summed E-state index contributed by atoms with van der Waals surface area (Å²) >= 11 is 1.66. The summed E-state index contributed by atoms with van der Waals surface area (Å²) in [5.41, 5.74) is 0.989. The SMILES string of the molecule is CCOC(=O)CCc1csc(N(C)C(C)C2CC2)n1. The van der Waals surface area contributed by atoms with Crippen molar-refractivity contribution in [3.63, 3.8) is 0 Å². The number of carbonyl (C=O) groups is 1. The molecule has 0 N–H and O–H groups in total. The molecule has 4 nitrogen and oxygen atoms in total. The van der Waals surface area contributed by atoms with E-state index in [1.165, 1.54) is 12.8 Å². The van der Waals surface area contributed by atoms with E-state index < -0.39 is 0 Å². The van der Waals surface area contributed by atoms with E-state index in [9.17, 15) is 4.79 Å². The summed E-state index contributed by atoms with van der Waals surface area (Å²) in [5.74, 6) is 0.689. The molecular weight excluding hydrogens is 260 g/mol. The second-order valence-corrected chi connectivity index (χ2v) is 5.95. The summed E-state index contributed by atoms with van der Waals surface area (Å²) in [6.45, 7) is 4.53. The van der Waals surface area contributed by atoms with E-state index in [0.29, 0.717) is 25.5 Å². The normalized spacial score (nSPS) is 16.2. The van der Waals surface area contributed by atoms with Gasteiger partial charge >= 0.3 is 5.97 Å². The molecule has 0 spiro atoms. The summed E-state index contributed by atoms with van der Waals surface area (Å²) in [6, 6.07) is 0.559. The second-order valence-electron chi connectivity index (χ2n) is 5.12. The van der Waals surface area contributed by atoms with E-state index in [0.717, 1.165) is 16.7 Å². The zero-order valence-electron chi connectivity index (χ0n) is 11.9. The number of rotatable bonds is 7. The molecule has 1 aliphatic rings. The van der Waals surface area contributed by atoms with Crippen LogP contribution in [0.3, 0.4) is 0 Å². The molecule has 1 saturated carbocycles. The summed E-state index contributed by atoms with van der Waals surface area (Å²) < 4.78 is 4.92. The number of nitrogens with zero attached hydrogens (tertiary/aromatic N) is 2. The number of thiazole rings is 1. The Hall–Kier alpha value is -1.10. The van der Waals surface area contributed by atoms with Crippen molar-refractivity contribution in [3.8, 4) is 0 Å². The zero-order chi connectivity index (χ0) is 13.8. The number of hydrogen-bond acceptors (Lipinski definition) is 5. The van der Waals surface area contributed by atoms with Crippen molar-refractivity contribution in [1.29, 1.82) is 0 Å². The Labute approximate surface area is 118 Å². The first-order chi connectivity index (χ1) is 9.11. The van der Waals surface area contributed by atoms with Gasteiger partial charge in [0.05, 0.1) is 18.7 Å². The van der Waals surface area contributed by atoms with E-state index >= 15 is 0 Å². The number of aryl methyl sites for hydroxylation is 1. The van der Waals surface area contributed by atoms with Gasteiger partial charge in [0, 0.05) is 24.9 Å². The Morgan fingerprint density at radius 2 is 2.37 bits per heavy atom. The Morgan fingerprint density at radius 1 is 1.63 bits per heavy atom. The predicted octanol–water partition coefficient (Wildman–Crippen LogP) is 2.87. The van der Waals surface area contributed by atoms with Gasteiger partial charge in [0.1, 0.15) is 0 Å². The van der Waals surface area contributed by atoms with Crippen molar-refractivity contribution in [3.05, 3.63) is 11.1 Å². The first kappa shape index (κ1) is 14.3. The highest BCUT2D eigenvalue weighted by molar-refractivity contribution is 7.13. The van der Waals surface area contributed by atoms with Gasteiger partial charge in [0.25, 0.3) is 0 Å². The van der Waals surface area contributed by atoms with Crippen LogP contribution < -0.4 is 4.90 Å². The summed E-state index contributed by atoms with van der Waals surface area (Å²) in [5, 5.41) is 3.10. The van der Waals surface area contributed by atoms with Crippen LogP contribution in [-0.2, 0) is 16.0 Å². The molecule has 0 aromatic carbocycles. The topological polar surface area (TPSA) is 42.4 Å². The van der Waals surface area contributed by atoms with E-state index in [-0.39, 0.29) is 5.97 Å². The lowest BCUT2D eigenvalue weighted by Crippen LogP contribution is -2.30. The van der Waals surface area contributed by atoms with Gasteiger partial charge in [-0.15, -0.1) is 11.3 Å². The van der Waals surface area contributed by atoms with Gasteiger partial charge in [-0.2, -0.15) is 0 Å². The summed E-state index contributed by atoms with van der Waals surface area (Å²) in [4.78, 5) is 18.2. The minimum Gasteiger partial charge on any atom is -0.466 e. The molecule has 0 radical (unpaired) electrons. The summed E-state index contributed by atoms with van der Waals surface area (Å²) in [6.07, 6.45) is 3.76. The summed E-state index contributed by atoms with van der Waals surface area (Å²) in [7, 11) is 2.11. The lowest BCUT2D eigenvalue weighted by atomic mass is 10.2. The van der Waals surface area contributed by atoms with Crippen molar-refractivity contribution in [2.75, 3.05) is 18.6 Å². The standard InChI is InChI=1S/C14H22N2O2S/c1-4-18-13(17)8-7-12-9-19-14(15-12)16(3)10(2)11-5-6-11/h9-11H,4-8H2,1-3H3. The Balaban J connectivity index is 1.85. The molecule has 0 bridgehead atoms. The Kier molecular flexibility index (Phi) is 4.80. The Morgan fingerprint density at radius 3 is 3.00 bits per heavy atom. The largest absolute Gasteiger partial charge is 0.466 e. The van der Waals surface area contributed by atoms with Gasteiger partial charge in [-0.1, -0.05) is 0 Å². The van der Waals surface area contributed by atoms with Gasteiger partial charge in [-0.25, -0.2) is 4.98 Å². The van der Waals surface area contributed by atoms with Crippen molar-refractivity contribution in [2.45, 2.75) is 45.6 Å². The smallest absolute Gasteiger partial charge is 0.306 e. The molecule has 1 aromatic heterocycles. The molecule has 1 aromatic rings. The number of hydrogen-bond donors (Lipinski definition) is 0. The third kappa shape index (κ3) is 3.93. The van der Waals surface area contributed by atoms with E-state index in [4.69, 9.17) is 4.74 Å². The molecule has 0 aliphatic heterocycles. The lowest BCUT2D eigenvalue weighted by Gasteiger charge is -2.23. The average Bonchev–Trinajstić information content (AvgIpc) is 3.14. The molecule has 1 fully saturated rings. The number of anilines is 1. The zero-order valence-corrected chi connectivity index (χ0v) is 12.7. The maximum Gasteiger partial charge on any atom is 0.306 e. The first-order valence-corrected chi connectivity index (χ1v) is 7.82. The van der Waals surface area contributed by atoms with Crippen molar-refractivity contribution in [2.24, 2.45) is 5.92 Å². The van der Waals surface area contributed by atoms with E-state index in [2.05, 4.69) is 23.9 Å². The van der Waals surface area contributed by atoms with Crippen LogP contribution in [0.2, 0.25) is 0 Å². The molecule has 1 unspecified atom stereocenters. The average molecular weight is 282 g/mol. The predicted molar refractivity (Wildman–Crippen MR) is 77.7 cm³/mol. The third-order valence-electron chi connectivity index (χ3n) is 3.65. The molecule has 0 amide bonds. The quantitative estimate of drug-likeness (QED) is 0.721.